The third-order valence-electron chi connectivity index (χ3n) is 3.08. The van der Waals surface area contributed by atoms with E-state index in [1.54, 1.807) is 0 Å². The summed E-state index contributed by atoms with van der Waals surface area (Å²) < 4.78 is 1.30. The number of hydrogen-bond acceptors (Lipinski definition) is 1. The van der Waals surface area contributed by atoms with Crippen molar-refractivity contribution >= 4 is 22.6 Å². The summed E-state index contributed by atoms with van der Waals surface area (Å²) in [4.78, 5) is 0. The molecule has 0 spiro atoms. The molecule has 0 radical (unpaired) electrons. The fourth-order valence-electron chi connectivity index (χ4n) is 2.39. The molecule has 18 heavy (non-hydrogen) atoms. The fourth-order valence-corrected chi connectivity index (χ4v) is 3.09. The Balaban J connectivity index is 2.48. The standard InChI is InChI=1S/C16H18IN/c1-11-8-12(2)10-13(9-11)16(18-3)14-6-4-5-7-15(14)17/h4-10,16,18H,1-3H3. The van der Waals surface area contributed by atoms with Gasteiger partial charge in [-0.25, -0.2) is 0 Å². The third-order valence-corrected chi connectivity index (χ3v) is 4.06. The van der Waals surface area contributed by atoms with Gasteiger partial charge in [0.05, 0.1) is 6.04 Å². The van der Waals surface area contributed by atoms with Gasteiger partial charge in [0.15, 0.2) is 0 Å². The minimum absolute atomic E-state index is 0.261. The normalized spacial score (nSPS) is 12.4. The summed E-state index contributed by atoms with van der Waals surface area (Å²) in [6.45, 7) is 4.30. The summed E-state index contributed by atoms with van der Waals surface area (Å²) in [6.07, 6.45) is 0. The second-order valence-electron chi connectivity index (χ2n) is 4.66. The Labute approximate surface area is 123 Å². The molecule has 2 rings (SSSR count). The van der Waals surface area contributed by atoms with Crippen LogP contribution in [0.5, 0.6) is 0 Å². The van der Waals surface area contributed by atoms with Gasteiger partial charge in [-0.15, -0.1) is 0 Å². The summed E-state index contributed by atoms with van der Waals surface area (Å²) in [5.41, 5.74) is 5.30. The average Bonchev–Trinajstić information content (AvgIpc) is 2.31. The van der Waals surface area contributed by atoms with E-state index in [1.165, 1.54) is 25.8 Å². The SMILES string of the molecule is CNC(c1cc(C)cc(C)c1)c1ccccc1I. The van der Waals surface area contributed by atoms with E-state index in [2.05, 4.69) is 84.2 Å². The zero-order valence-corrected chi connectivity index (χ0v) is 13.2. The fraction of sp³-hybridized carbons (Fsp3) is 0.250. The first-order valence-corrected chi connectivity index (χ1v) is 7.19. The molecule has 0 aliphatic heterocycles. The van der Waals surface area contributed by atoms with Crippen LogP contribution < -0.4 is 5.32 Å². The molecule has 0 saturated carbocycles. The molecule has 0 heterocycles. The van der Waals surface area contributed by atoms with E-state index in [0.717, 1.165) is 0 Å². The Bertz CT molecular complexity index is 528. The van der Waals surface area contributed by atoms with Gasteiger partial charge < -0.3 is 5.32 Å². The van der Waals surface area contributed by atoms with Gasteiger partial charge in [-0.2, -0.15) is 0 Å². The lowest BCUT2D eigenvalue weighted by molar-refractivity contribution is 0.687. The quantitative estimate of drug-likeness (QED) is 0.817. The average molecular weight is 351 g/mol. The Morgan fingerprint density at radius 2 is 1.61 bits per heavy atom. The van der Waals surface area contributed by atoms with Gasteiger partial charge >= 0.3 is 0 Å². The van der Waals surface area contributed by atoms with Crippen molar-refractivity contribution in [2.45, 2.75) is 19.9 Å². The topological polar surface area (TPSA) is 12.0 Å². The molecule has 0 amide bonds. The highest BCUT2D eigenvalue weighted by atomic mass is 127. The van der Waals surface area contributed by atoms with Crippen molar-refractivity contribution in [3.05, 3.63) is 68.3 Å². The van der Waals surface area contributed by atoms with Crippen molar-refractivity contribution in [1.82, 2.24) is 5.32 Å². The summed E-state index contributed by atoms with van der Waals surface area (Å²) in [7, 11) is 2.02. The highest BCUT2D eigenvalue weighted by Crippen LogP contribution is 2.27. The summed E-state index contributed by atoms with van der Waals surface area (Å²) in [5, 5.41) is 3.43. The molecule has 0 fully saturated rings. The number of rotatable bonds is 3. The van der Waals surface area contributed by atoms with Crippen molar-refractivity contribution < 1.29 is 0 Å². The van der Waals surface area contributed by atoms with Crippen LogP contribution in [-0.2, 0) is 0 Å². The summed E-state index contributed by atoms with van der Waals surface area (Å²) >= 11 is 2.40. The number of nitrogens with one attached hydrogen (secondary N) is 1. The molecule has 1 N–H and O–H groups in total. The zero-order valence-electron chi connectivity index (χ0n) is 11.0. The van der Waals surface area contributed by atoms with Crippen LogP contribution in [0.15, 0.2) is 42.5 Å². The smallest absolute Gasteiger partial charge is 0.0584 e. The molecule has 1 atom stereocenters. The first-order chi connectivity index (χ1) is 8.61. The van der Waals surface area contributed by atoms with E-state index in [0.29, 0.717) is 0 Å². The van der Waals surface area contributed by atoms with Crippen LogP contribution in [0.4, 0.5) is 0 Å². The molecule has 0 aliphatic rings. The van der Waals surface area contributed by atoms with Crippen molar-refractivity contribution in [3.63, 3.8) is 0 Å². The highest BCUT2D eigenvalue weighted by Gasteiger charge is 2.14. The second kappa shape index (κ2) is 5.85. The third kappa shape index (κ3) is 2.93. The van der Waals surface area contributed by atoms with Crippen molar-refractivity contribution in [2.24, 2.45) is 0 Å². The van der Waals surface area contributed by atoms with E-state index in [9.17, 15) is 0 Å². The van der Waals surface area contributed by atoms with Crippen LogP contribution in [0.2, 0.25) is 0 Å². The maximum atomic E-state index is 3.43. The maximum Gasteiger partial charge on any atom is 0.0584 e. The molecule has 0 aliphatic carbocycles. The van der Waals surface area contributed by atoms with Gasteiger partial charge in [0.25, 0.3) is 0 Å². The monoisotopic (exact) mass is 351 g/mol. The number of hydrogen-bond donors (Lipinski definition) is 1. The van der Waals surface area contributed by atoms with Gasteiger partial charge in [0.1, 0.15) is 0 Å². The van der Waals surface area contributed by atoms with Gasteiger partial charge in [0, 0.05) is 3.57 Å². The molecule has 2 aromatic rings. The van der Waals surface area contributed by atoms with E-state index in [1.807, 2.05) is 7.05 Å². The Hall–Kier alpha value is -0.870. The van der Waals surface area contributed by atoms with Crippen LogP contribution in [0, 0.1) is 17.4 Å². The lowest BCUT2D eigenvalue weighted by Crippen LogP contribution is -2.19. The minimum atomic E-state index is 0.261. The molecule has 1 unspecified atom stereocenters. The molecule has 0 aromatic heterocycles. The van der Waals surface area contributed by atoms with Gasteiger partial charge in [-0.05, 0) is 60.7 Å². The van der Waals surface area contributed by atoms with Crippen LogP contribution >= 0.6 is 22.6 Å². The van der Waals surface area contributed by atoms with Crippen molar-refractivity contribution in [2.75, 3.05) is 7.05 Å². The largest absolute Gasteiger partial charge is 0.309 e. The molecule has 0 bridgehead atoms. The van der Waals surface area contributed by atoms with Gasteiger partial charge in [0.2, 0.25) is 0 Å². The number of halogens is 1. The first kappa shape index (κ1) is 13.6. The predicted molar refractivity (Wildman–Crippen MR) is 86.0 cm³/mol. The molecular weight excluding hydrogens is 333 g/mol. The minimum Gasteiger partial charge on any atom is -0.309 e. The first-order valence-electron chi connectivity index (χ1n) is 6.11. The highest BCUT2D eigenvalue weighted by molar-refractivity contribution is 14.1. The Morgan fingerprint density at radius 3 is 2.17 bits per heavy atom. The number of aryl methyl sites for hydroxylation is 2. The number of benzene rings is 2. The van der Waals surface area contributed by atoms with Crippen LogP contribution in [0.3, 0.4) is 0 Å². The summed E-state index contributed by atoms with van der Waals surface area (Å²) in [5.74, 6) is 0. The van der Waals surface area contributed by atoms with E-state index < -0.39 is 0 Å². The molecular formula is C16H18IN. The van der Waals surface area contributed by atoms with Gasteiger partial charge in [-0.3, -0.25) is 0 Å². The van der Waals surface area contributed by atoms with Gasteiger partial charge in [-0.1, -0.05) is 47.5 Å². The van der Waals surface area contributed by atoms with Crippen LogP contribution in [-0.4, -0.2) is 7.05 Å². The molecule has 0 saturated heterocycles. The lowest BCUT2D eigenvalue weighted by Gasteiger charge is -2.20. The van der Waals surface area contributed by atoms with Crippen molar-refractivity contribution in [3.8, 4) is 0 Å². The molecule has 2 heteroatoms. The molecule has 1 nitrogen and oxygen atoms in total. The predicted octanol–water partition coefficient (Wildman–Crippen LogP) is 4.22. The summed E-state index contributed by atoms with van der Waals surface area (Å²) in [6, 6.07) is 15.5. The maximum absolute atomic E-state index is 3.43. The zero-order chi connectivity index (χ0) is 13.1. The molecule has 94 valence electrons. The van der Waals surface area contributed by atoms with E-state index in [4.69, 9.17) is 0 Å². The Kier molecular flexibility index (Phi) is 4.40. The van der Waals surface area contributed by atoms with Crippen LogP contribution in [0.1, 0.15) is 28.3 Å². The lowest BCUT2D eigenvalue weighted by atomic mass is 9.96. The van der Waals surface area contributed by atoms with E-state index in [-0.39, 0.29) is 6.04 Å². The van der Waals surface area contributed by atoms with Crippen molar-refractivity contribution in [1.29, 1.82) is 0 Å². The Morgan fingerprint density at radius 1 is 1.00 bits per heavy atom. The van der Waals surface area contributed by atoms with E-state index >= 15 is 0 Å². The van der Waals surface area contributed by atoms with Crippen LogP contribution in [0.25, 0.3) is 0 Å². The molecule has 2 aromatic carbocycles. The second-order valence-corrected chi connectivity index (χ2v) is 5.83.